The first kappa shape index (κ1) is 19.7. The molecule has 0 heterocycles. The monoisotopic (exact) mass is 414 g/mol. The second-order valence-corrected chi connectivity index (χ2v) is 6.61. The van der Waals surface area contributed by atoms with Crippen LogP contribution in [0.25, 0.3) is 0 Å². The molecule has 28 heavy (non-hydrogen) atoms. The van der Waals surface area contributed by atoms with Gasteiger partial charge in [0.05, 0.1) is 22.8 Å². The molecule has 0 fully saturated rings. The van der Waals surface area contributed by atoms with Crippen LogP contribution in [0.3, 0.4) is 0 Å². The molecule has 0 atom stereocenters. The topological polar surface area (TPSA) is 67.4 Å². The first-order chi connectivity index (χ1) is 13.5. The average molecular weight is 415 g/mol. The Labute approximate surface area is 172 Å². The van der Waals surface area contributed by atoms with Gasteiger partial charge < -0.3 is 15.4 Å². The van der Waals surface area contributed by atoms with Crippen LogP contribution in [0.1, 0.15) is 10.4 Å². The molecule has 2 amide bonds. The lowest BCUT2D eigenvalue weighted by Crippen LogP contribution is -2.33. The van der Waals surface area contributed by atoms with Gasteiger partial charge in [-0.1, -0.05) is 53.5 Å². The second kappa shape index (κ2) is 9.26. The smallest absolute Gasteiger partial charge is 0.253 e. The fourth-order valence-electron chi connectivity index (χ4n) is 2.40. The number of amides is 2. The number of carbonyl (C=O) groups is 2. The summed E-state index contributed by atoms with van der Waals surface area (Å²) in [6.07, 6.45) is 0. The number of carbonyl (C=O) groups excluding carboxylic acids is 2. The molecule has 0 unspecified atom stereocenters. The van der Waals surface area contributed by atoms with Gasteiger partial charge in [-0.15, -0.1) is 0 Å². The van der Waals surface area contributed by atoms with E-state index in [9.17, 15) is 9.59 Å². The number of hydrogen-bond donors (Lipinski definition) is 2. The number of benzene rings is 3. The SMILES string of the molecule is O=C(CNC(=O)c1ccc(Cl)cc1Cl)Nc1ccccc1Oc1ccccc1. The Balaban J connectivity index is 1.61. The van der Waals surface area contributed by atoms with Gasteiger partial charge in [-0.05, 0) is 42.5 Å². The van der Waals surface area contributed by atoms with Gasteiger partial charge in [0.1, 0.15) is 5.75 Å². The first-order valence-corrected chi connectivity index (χ1v) is 9.13. The number of para-hydroxylation sites is 3. The summed E-state index contributed by atoms with van der Waals surface area (Å²) in [5.41, 5.74) is 0.738. The molecule has 3 aromatic carbocycles. The van der Waals surface area contributed by atoms with Crippen molar-refractivity contribution in [1.82, 2.24) is 5.32 Å². The van der Waals surface area contributed by atoms with E-state index in [-0.39, 0.29) is 17.1 Å². The Kier molecular flexibility index (Phi) is 6.53. The molecular weight excluding hydrogens is 399 g/mol. The molecule has 0 saturated carbocycles. The Hall–Kier alpha value is -3.02. The molecule has 0 aromatic heterocycles. The summed E-state index contributed by atoms with van der Waals surface area (Å²) in [6.45, 7) is -0.225. The lowest BCUT2D eigenvalue weighted by atomic mass is 10.2. The van der Waals surface area contributed by atoms with Gasteiger partial charge in [-0.2, -0.15) is 0 Å². The quantitative estimate of drug-likeness (QED) is 0.585. The van der Waals surface area contributed by atoms with Crippen molar-refractivity contribution < 1.29 is 14.3 Å². The van der Waals surface area contributed by atoms with Crippen molar-refractivity contribution in [3.8, 4) is 11.5 Å². The number of rotatable bonds is 6. The number of halogens is 2. The number of ether oxygens (including phenoxy) is 1. The molecule has 0 aliphatic rings. The molecule has 0 radical (unpaired) electrons. The number of anilines is 1. The zero-order chi connectivity index (χ0) is 19.9. The van der Waals surface area contributed by atoms with Crippen LogP contribution >= 0.6 is 23.2 Å². The van der Waals surface area contributed by atoms with Crippen LogP contribution < -0.4 is 15.4 Å². The molecule has 0 aliphatic carbocycles. The van der Waals surface area contributed by atoms with Crippen molar-refractivity contribution in [3.63, 3.8) is 0 Å². The Bertz CT molecular complexity index is 994. The van der Waals surface area contributed by atoms with E-state index in [0.29, 0.717) is 22.2 Å². The van der Waals surface area contributed by atoms with E-state index in [1.807, 2.05) is 30.3 Å². The van der Waals surface area contributed by atoms with E-state index >= 15 is 0 Å². The second-order valence-electron chi connectivity index (χ2n) is 5.77. The summed E-state index contributed by atoms with van der Waals surface area (Å²) in [5, 5.41) is 5.90. The van der Waals surface area contributed by atoms with Crippen molar-refractivity contribution in [2.45, 2.75) is 0 Å². The third-order valence-electron chi connectivity index (χ3n) is 3.72. The Morgan fingerprint density at radius 3 is 2.36 bits per heavy atom. The van der Waals surface area contributed by atoms with Gasteiger partial charge in [-0.3, -0.25) is 9.59 Å². The minimum atomic E-state index is -0.467. The summed E-state index contributed by atoms with van der Waals surface area (Å²) in [5.74, 6) is 0.275. The zero-order valence-electron chi connectivity index (χ0n) is 14.6. The van der Waals surface area contributed by atoms with E-state index < -0.39 is 11.8 Å². The van der Waals surface area contributed by atoms with E-state index in [1.54, 1.807) is 30.3 Å². The summed E-state index contributed by atoms with van der Waals surface area (Å²) in [4.78, 5) is 24.5. The summed E-state index contributed by atoms with van der Waals surface area (Å²) >= 11 is 11.8. The fourth-order valence-corrected chi connectivity index (χ4v) is 2.89. The normalized spacial score (nSPS) is 10.2. The molecule has 0 saturated heterocycles. The molecule has 0 spiro atoms. The van der Waals surface area contributed by atoms with Crippen molar-refractivity contribution in [2.24, 2.45) is 0 Å². The highest BCUT2D eigenvalue weighted by molar-refractivity contribution is 6.36. The molecule has 7 heteroatoms. The molecule has 0 bridgehead atoms. The maximum absolute atomic E-state index is 12.3. The third kappa shape index (κ3) is 5.25. The average Bonchev–Trinajstić information content (AvgIpc) is 2.68. The van der Waals surface area contributed by atoms with E-state index in [0.717, 1.165) is 0 Å². The number of nitrogens with one attached hydrogen (secondary N) is 2. The van der Waals surface area contributed by atoms with Gasteiger partial charge >= 0.3 is 0 Å². The summed E-state index contributed by atoms with van der Waals surface area (Å²) < 4.78 is 5.80. The van der Waals surface area contributed by atoms with Crippen molar-refractivity contribution >= 4 is 40.7 Å². The molecule has 5 nitrogen and oxygen atoms in total. The predicted octanol–water partition coefficient (Wildman–Crippen LogP) is 5.15. The molecule has 2 N–H and O–H groups in total. The van der Waals surface area contributed by atoms with Crippen molar-refractivity contribution in [2.75, 3.05) is 11.9 Å². The molecular formula is C21H16Cl2N2O3. The lowest BCUT2D eigenvalue weighted by Gasteiger charge is -2.12. The molecule has 3 aromatic rings. The highest BCUT2D eigenvalue weighted by Crippen LogP contribution is 2.29. The van der Waals surface area contributed by atoms with Gasteiger partial charge in [0.15, 0.2) is 5.75 Å². The van der Waals surface area contributed by atoms with Crippen LogP contribution in [0, 0.1) is 0 Å². The van der Waals surface area contributed by atoms with Crippen molar-refractivity contribution in [3.05, 3.63) is 88.4 Å². The van der Waals surface area contributed by atoms with Crippen LogP contribution in [0.4, 0.5) is 5.69 Å². The van der Waals surface area contributed by atoms with Crippen LogP contribution in [0.15, 0.2) is 72.8 Å². The molecule has 0 aliphatic heterocycles. The lowest BCUT2D eigenvalue weighted by molar-refractivity contribution is -0.115. The van der Waals surface area contributed by atoms with Gasteiger partial charge in [0.2, 0.25) is 5.91 Å². The Morgan fingerprint density at radius 1 is 0.893 bits per heavy atom. The largest absolute Gasteiger partial charge is 0.455 e. The minimum absolute atomic E-state index is 0.215. The van der Waals surface area contributed by atoms with Crippen LogP contribution in [-0.4, -0.2) is 18.4 Å². The van der Waals surface area contributed by atoms with Crippen LogP contribution in [-0.2, 0) is 4.79 Å². The van der Waals surface area contributed by atoms with E-state index in [2.05, 4.69) is 10.6 Å². The highest BCUT2D eigenvalue weighted by atomic mass is 35.5. The fraction of sp³-hybridized carbons (Fsp3) is 0.0476. The number of hydrogen-bond acceptors (Lipinski definition) is 3. The zero-order valence-corrected chi connectivity index (χ0v) is 16.1. The maximum Gasteiger partial charge on any atom is 0.253 e. The minimum Gasteiger partial charge on any atom is -0.455 e. The predicted molar refractivity (Wildman–Crippen MR) is 110 cm³/mol. The van der Waals surface area contributed by atoms with Crippen LogP contribution in [0.2, 0.25) is 10.0 Å². The molecule has 3 rings (SSSR count). The van der Waals surface area contributed by atoms with Crippen LogP contribution in [0.5, 0.6) is 11.5 Å². The van der Waals surface area contributed by atoms with Gasteiger partial charge in [-0.25, -0.2) is 0 Å². The van der Waals surface area contributed by atoms with Gasteiger partial charge in [0.25, 0.3) is 5.91 Å². The summed E-state index contributed by atoms with van der Waals surface area (Å²) in [6, 6.07) is 20.8. The molecule has 142 valence electrons. The summed E-state index contributed by atoms with van der Waals surface area (Å²) in [7, 11) is 0. The first-order valence-electron chi connectivity index (χ1n) is 8.38. The van der Waals surface area contributed by atoms with Gasteiger partial charge in [0, 0.05) is 5.02 Å². The third-order valence-corrected chi connectivity index (χ3v) is 4.27. The highest BCUT2D eigenvalue weighted by Gasteiger charge is 2.13. The Morgan fingerprint density at radius 2 is 1.61 bits per heavy atom. The van der Waals surface area contributed by atoms with E-state index in [1.165, 1.54) is 12.1 Å². The maximum atomic E-state index is 12.3. The standard InChI is InChI=1S/C21H16Cl2N2O3/c22-14-10-11-16(17(23)12-14)21(27)24-13-20(26)25-18-8-4-5-9-19(18)28-15-6-2-1-3-7-15/h1-12H,13H2,(H,24,27)(H,25,26). The van der Waals surface area contributed by atoms with Crippen molar-refractivity contribution in [1.29, 1.82) is 0 Å². The van der Waals surface area contributed by atoms with E-state index in [4.69, 9.17) is 27.9 Å².